The summed E-state index contributed by atoms with van der Waals surface area (Å²) in [7, 11) is 1.79. The number of anilines is 1. The lowest BCUT2D eigenvalue weighted by atomic mass is 10.2. The number of rotatable bonds is 4. The number of nitrogens with zero attached hydrogens (tertiary/aromatic N) is 5. The maximum Gasteiger partial charge on any atom is 0.291 e. The molecule has 4 rings (SSSR count). The van der Waals surface area contributed by atoms with E-state index in [1.165, 1.54) is 6.33 Å². The van der Waals surface area contributed by atoms with Crippen LogP contribution < -0.4 is 15.0 Å². The Morgan fingerprint density at radius 3 is 2.93 bits per heavy atom. The zero-order valence-corrected chi connectivity index (χ0v) is 17.9. The number of nitrogens with one attached hydrogen (secondary N) is 1. The van der Waals surface area contributed by atoms with Crippen LogP contribution in [-0.4, -0.2) is 50.3 Å². The van der Waals surface area contributed by atoms with Crippen LogP contribution in [0.4, 0.5) is 5.82 Å². The van der Waals surface area contributed by atoms with Crippen molar-refractivity contribution in [2.24, 2.45) is 0 Å². The molecule has 0 aliphatic carbocycles. The highest BCUT2D eigenvalue weighted by Gasteiger charge is 2.29. The van der Waals surface area contributed by atoms with Crippen LogP contribution in [0.3, 0.4) is 0 Å². The maximum atomic E-state index is 12.7. The molecular weight excluding hydrogens is 456 g/mol. The van der Waals surface area contributed by atoms with Gasteiger partial charge < -0.3 is 15.0 Å². The highest BCUT2D eigenvalue weighted by molar-refractivity contribution is 9.10. The number of likely N-dealkylation sites (N-methyl/N-ethyl adjacent to an activating group) is 1. The lowest BCUT2D eigenvalue weighted by molar-refractivity contribution is 0.0927. The number of pyridine rings is 1. The maximum absolute atomic E-state index is 12.7. The molecule has 1 aliphatic rings. The number of carbonyl (C=O) groups excluding carboxylic acids is 1. The molecule has 148 valence electrons. The van der Waals surface area contributed by atoms with Crippen LogP contribution in [0.15, 0.2) is 53.4 Å². The van der Waals surface area contributed by atoms with Crippen molar-refractivity contribution in [3.05, 3.63) is 64.8 Å². The molecule has 1 aliphatic heterocycles. The molecule has 1 N–H and O–H groups in total. The summed E-state index contributed by atoms with van der Waals surface area (Å²) < 4.78 is 8.24. The van der Waals surface area contributed by atoms with Crippen LogP contribution >= 0.6 is 28.1 Å². The Morgan fingerprint density at radius 1 is 1.34 bits per heavy atom. The predicted molar refractivity (Wildman–Crippen MR) is 115 cm³/mol. The Kier molecular flexibility index (Phi) is 5.54. The first kappa shape index (κ1) is 19.5. The lowest BCUT2D eigenvalue weighted by Crippen LogP contribution is -2.48. The Labute approximate surface area is 181 Å². The van der Waals surface area contributed by atoms with Gasteiger partial charge in [0.25, 0.3) is 5.91 Å². The summed E-state index contributed by atoms with van der Waals surface area (Å²) in [6, 6.07) is 11.1. The highest BCUT2D eigenvalue weighted by Crippen LogP contribution is 2.31. The third-order valence-electron chi connectivity index (χ3n) is 4.38. The van der Waals surface area contributed by atoms with Gasteiger partial charge in [0.15, 0.2) is 11.6 Å². The third kappa shape index (κ3) is 4.28. The number of amides is 1. The van der Waals surface area contributed by atoms with Crippen molar-refractivity contribution in [1.82, 2.24) is 25.1 Å². The van der Waals surface area contributed by atoms with Gasteiger partial charge in [-0.15, -0.1) is 5.10 Å². The minimum Gasteiger partial charge on any atom is -0.487 e. The highest BCUT2D eigenvalue weighted by atomic mass is 79.9. The van der Waals surface area contributed by atoms with Crippen molar-refractivity contribution in [3.8, 4) is 5.75 Å². The van der Waals surface area contributed by atoms with Crippen molar-refractivity contribution in [2.75, 3.05) is 18.6 Å². The summed E-state index contributed by atoms with van der Waals surface area (Å²) in [6.45, 7) is 0.718. The molecule has 0 saturated heterocycles. The SMILES string of the molecule is CN1C(=S)C(NC(=O)c2ncn(Cc3ccccc3)n2)COc2cc(Br)cnc21. The predicted octanol–water partition coefficient (Wildman–Crippen LogP) is 2.44. The molecule has 29 heavy (non-hydrogen) atoms. The Hall–Kier alpha value is -2.85. The normalized spacial score (nSPS) is 16.0. The number of halogens is 1. The fourth-order valence-electron chi connectivity index (χ4n) is 2.93. The van der Waals surface area contributed by atoms with Crippen LogP contribution in [0, 0.1) is 0 Å². The topological polar surface area (TPSA) is 85.2 Å². The Balaban J connectivity index is 1.45. The molecule has 3 heterocycles. The quantitative estimate of drug-likeness (QED) is 0.583. The molecule has 0 saturated carbocycles. The number of hydrogen-bond acceptors (Lipinski definition) is 6. The van der Waals surface area contributed by atoms with Gasteiger partial charge in [-0.1, -0.05) is 42.5 Å². The number of ether oxygens (including phenoxy) is 1. The second-order valence-electron chi connectivity index (χ2n) is 6.46. The minimum atomic E-state index is -0.517. The lowest BCUT2D eigenvalue weighted by Gasteiger charge is -2.22. The van der Waals surface area contributed by atoms with E-state index in [1.54, 1.807) is 22.8 Å². The molecule has 2 aromatic heterocycles. The van der Waals surface area contributed by atoms with Crippen LogP contribution in [0.1, 0.15) is 16.2 Å². The summed E-state index contributed by atoms with van der Waals surface area (Å²) in [5, 5.41) is 7.12. The smallest absolute Gasteiger partial charge is 0.291 e. The fourth-order valence-corrected chi connectivity index (χ4v) is 3.45. The van der Waals surface area contributed by atoms with E-state index < -0.39 is 11.9 Å². The molecule has 0 bridgehead atoms. The van der Waals surface area contributed by atoms with Crippen molar-refractivity contribution < 1.29 is 9.53 Å². The Bertz CT molecular complexity index is 1060. The molecule has 0 fully saturated rings. The van der Waals surface area contributed by atoms with E-state index in [0.717, 1.165) is 10.0 Å². The zero-order valence-electron chi connectivity index (χ0n) is 15.4. The van der Waals surface area contributed by atoms with E-state index >= 15 is 0 Å². The molecule has 0 radical (unpaired) electrons. The zero-order chi connectivity index (χ0) is 20.4. The van der Waals surface area contributed by atoms with E-state index in [2.05, 4.69) is 36.3 Å². The molecule has 8 nitrogen and oxygen atoms in total. The Morgan fingerprint density at radius 2 is 2.14 bits per heavy atom. The summed E-state index contributed by atoms with van der Waals surface area (Å²) in [5.74, 6) is 0.849. The monoisotopic (exact) mass is 472 g/mol. The van der Waals surface area contributed by atoms with Crippen molar-refractivity contribution in [3.63, 3.8) is 0 Å². The number of aromatic nitrogens is 4. The van der Waals surface area contributed by atoms with Gasteiger partial charge in [0.1, 0.15) is 24.0 Å². The van der Waals surface area contributed by atoms with E-state index in [4.69, 9.17) is 17.0 Å². The number of carbonyl (C=O) groups is 1. The van der Waals surface area contributed by atoms with Gasteiger partial charge >= 0.3 is 0 Å². The van der Waals surface area contributed by atoms with Crippen molar-refractivity contribution in [1.29, 1.82) is 0 Å². The molecule has 10 heteroatoms. The minimum absolute atomic E-state index is 0.0778. The standard InChI is InChI=1S/C19H17BrN6O2S/c1-25-17-15(7-13(20)8-21-17)28-10-14(19(25)29)23-18(27)16-22-11-26(24-16)9-12-5-3-2-4-6-12/h2-8,11,14H,9-10H2,1H3,(H,23,27). The summed E-state index contributed by atoms with van der Waals surface area (Å²) in [5.41, 5.74) is 1.07. The average molecular weight is 473 g/mol. The van der Waals surface area contributed by atoms with Gasteiger partial charge in [-0.25, -0.2) is 14.6 Å². The number of hydrogen-bond donors (Lipinski definition) is 1. The van der Waals surface area contributed by atoms with Crippen LogP contribution in [0.5, 0.6) is 5.75 Å². The van der Waals surface area contributed by atoms with Crippen molar-refractivity contribution >= 4 is 44.9 Å². The second kappa shape index (κ2) is 8.26. The second-order valence-corrected chi connectivity index (χ2v) is 7.79. The third-order valence-corrected chi connectivity index (χ3v) is 5.38. The molecule has 0 spiro atoms. The number of thiocarbonyl (C=S) groups is 1. The van der Waals surface area contributed by atoms with Crippen LogP contribution in [0.25, 0.3) is 0 Å². The van der Waals surface area contributed by atoms with Gasteiger partial charge in [-0.2, -0.15) is 0 Å². The van der Waals surface area contributed by atoms with Gasteiger partial charge in [0.05, 0.1) is 6.54 Å². The van der Waals surface area contributed by atoms with Gasteiger partial charge in [0, 0.05) is 17.7 Å². The van der Waals surface area contributed by atoms with E-state index in [1.807, 2.05) is 36.4 Å². The van der Waals surface area contributed by atoms with E-state index in [-0.39, 0.29) is 12.4 Å². The van der Waals surface area contributed by atoms with Crippen molar-refractivity contribution in [2.45, 2.75) is 12.6 Å². The van der Waals surface area contributed by atoms with E-state index in [9.17, 15) is 4.79 Å². The van der Waals surface area contributed by atoms with E-state index in [0.29, 0.717) is 23.1 Å². The van der Waals surface area contributed by atoms with Gasteiger partial charge in [-0.05, 0) is 27.6 Å². The molecule has 1 unspecified atom stereocenters. The summed E-state index contributed by atoms with van der Waals surface area (Å²) in [6.07, 6.45) is 3.21. The molecular formula is C19H17BrN6O2S. The van der Waals surface area contributed by atoms with Gasteiger partial charge in [0.2, 0.25) is 5.82 Å². The first-order chi connectivity index (χ1) is 14.0. The molecule has 1 atom stereocenters. The summed E-state index contributed by atoms with van der Waals surface area (Å²) in [4.78, 5) is 23.4. The number of benzene rings is 1. The van der Waals surface area contributed by atoms with Gasteiger partial charge in [-0.3, -0.25) is 4.79 Å². The fraction of sp³-hybridized carbons (Fsp3) is 0.211. The van der Waals surface area contributed by atoms with Crippen LogP contribution in [-0.2, 0) is 6.54 Å². The summed E-state index contributed by atoms with van der Waals surface area (Å²) >= 11 is 8.92. The first-order valence-corrected chi connectivity index (χ1v) is 10.0. The molecule has 1 aromatic carbocycles. The largest absolute Gasteiger partial charge is 0.487 e. The van der Waals surface area contributed by atoms with Crippen LogP contribution in [0.2, 0.25) is 0 Å². The first-order valence-electron chi connectivity index (χ1n) is 8.81. The number of fused-ring (bicyclic) bond motifs is 1. The molecule has 3 aromatic rings. The molecule has 1 amide bonds. The average Bonchev–Trinajstić information content (AvgIpc) is 3.15.